The Kier molecular flexibility index (Phi) is 7.20. The monoisotopic (exact) mass is 660 g/mol. The second-order valence-corrected chi connectivity index (χ2v) is 15.1. The van der Waals surface area contributed by atoms with Gasteiger partial charge in [0.1, 0.15) is 5.82 Å². The third-order valence-electron chi connectivity index (χ3n) is 11.3. The quantitative estimate of drug-likeness (QED) is 0.176. The summed E-state index contributed by atoms with van der Waals surface area (Å²) in [5.74, 6) is 2.70. The van der Waals surface area contributed by atoms with Crippen molar-refractivity contribution in [1.82, 2.24) is 9.97 Å². The molecule has 5 aromatic carbocycles. The summed E-state index contributed by atoms with van der Waals surface area (Å²) in [6.07, 6.45) is 15.8. The molecular formula is C47H36N2S. The fourth-order valence-corrected chi connectivity index (χ4v) is 10.0. The third kappa shape index (κ3) is 4.99. The molecule has 0 spiro atoms. The van der Waals surface area contributed by atoms with E-state index >= 15 is 0 Å². The number of benzene rings is 5. The first-order valence-corrected chi connectivity index (χ1v) is 18.6. The molecule has 50 heavy (non-hydrogen) atoms. The first-order chi connectivity index (χ1) is 24.8. The van der Waals surface area contributed by atoms with Gasteiger partial charge in [0.25, 0.3) is 0 Å². The van der Waals surface area contributed by atoms with Crippen molar-refractivity contribution in [1.29, 1.82) is 0 Å². The molecule has 0 radical (unpaired) electrons. The summed E-state index contributed by atoms with van der Waals surface area (Å²) in [5.41, 5.74) is 8.51. The lowest BCUT2D eigenvalue weighted by atomic mass is 9.56. The molecule has 240 valence electrons. The van der Waals surface area contributed by atoms with Gasteiger partial charge >= 0.3 is 0 Å². The van der Waals surface area contributed by atoms with Crippen molar-refractivity contribution in [3.8, 4) is 22.5 Å². The molecule has 3 aliphatic carbocycles. The minimum atomic E-state index is -0.0246. The van der Waals surface area contributed by atoms with E-state index in [1.54, 1.807) is 0 Å². The zero-order valence-electron chi connectivity index (χ0n) is 27.6. The number of fused-ring (bicyclic) bond motifs is 9. The minimum absolute atomic E-state index is 0.0246. The van der Waals surface area contributed by atoms with E-state index < -0.39 is 0 Å². The van der Waals surface area contributed by atoms with E-state index in [-0.39, 0.29) is 5.92 Å². The Hall–Kier alpha value is -5.38. The van der Waals surface area contributed by atoms with Gasteiger partial charge in [-0.15, -0.1) is 11.3 Å². The molecule has 0 N–H and O–H groups in total. The van der Waals surface area contributed by atoms with Gasteiger partial charge in [-0.1, -0.05) is 146 Å². The van der Waals surface area contributed by atoms with E-state index in [9.17, 15) is 0 Å². The Morgan fingerprint density at radius 1 is 0.520 bits per heavy atom. The van der Waals surface area contributed by atoms with Gasteiger partial charge in [0.05, 0.1) is 17.3 Å². The highest BCUT2D eigenvalue weighted by atomic mass is 32.1. The summed E-state index contributed by atoms with van der Waals surface area (Å²) in [5, 5.41) is 2.76. The molecule has 2 heterocycles. The number of thiophene rings is 1. The average molecular weight is 661 g/mol. The predicted octanol–water partition coefficient (Wildman–Crippen LogP) is 12.2. The number of nitrogens with zero attached hydrogens (tertiary/aromatic N) is 2. The first kappa shape index (κ1) is 29.5. The van der Waals surface area contributed by atoms with E-state index in [0.29, 0.717) is 29.6 Å². The summed E-state index contributed by atoms with van der Waals surface area (Å²) in [4.78, 5) is 10.5. The van der Waals surface area contributed by atoms with Crippen LogP contribution in [0.1, 0.15) is 52.6 Å². The Balaban J connectivity index is 1.09. The van der Waals surface area contributed by atoms with Gasteiger partial charge in [-0.2, -0.15) is 0 Å². The van der Waals surface area contributed by atoms with Crippen LogP contribution in [0.5, 0.6) is 0 Å². The molecule has 0 saturated carbocycles. The Labute approximate surface area is 297 Å². The van der Waals surface area contributed by atoms with Crippen LogP contribution >= 0.6 is 11.3 Å². The van der Waals surface area contributed by atoms with Crippen molar-refractivity contribution >= 4 is 31.5 Å². The van der Waals surface area contributed by atoms with E-state index in [1.807, 2.05) is 11.3 Å². The second-order valence-electron chi connectivity index (χ2n) is 14.0. The molecule has 0 bridgehead atoms. The van der Waals surface area contributed by atoms with Crippen LogP contribution in [0, 0.1) is 11.8 Å². The fraction of sp³-hybridized carbons (Fsp3) is 0.149. The second kappa shape index (κ2) is 12.2. The summed E-state index contributed by atoms with van der Waals surface area (Å²) in [6.45, 7) is 0. The molecule has 6 atom stereocenters. The van der Waals surface area contributed by atoms with Crippen molar-refractivity contribution in [2.24, 2.45) is 11.8 Å². The minimum Gasteiger partial charge on any atom is -0.232 e. The summed E-state index contributed by atoms with van der Waals surface area (Å²) in [6, 6.07) is 48.5. The zero-order valence-corrected chi connectivity index (χ0v) is 28.5. The molecule has 2 nitrogen and oxygen atoms in total. The van der Waals surface area contributed by atoms with Crippen LogP contribution in [0.4, 0.5) is 0 Å². The highest BCUT2D eigenvalue weighted by Gasteiger charge is 2.45. The molecule has 7 aromatic rings. The number of rotatable bonds is 4. The number of allylic oxidation sites excluding steroid dienone is 6. The van der Waals surface area contributed by atoms with Crippen LogP contribution in [0.15, 0.2) is 170 Å². The topological polar surface area (TPSA) is 25.8 Å². The maximum absolute atomic E-state index is 5.23. The number of aromatic nitrogens is 2. The summed E-state index contributed by atoms with van der Waals surface area (Å²) >= 11 is 1.90. The van der Waals surface area contributed by atoms with Gasteiger partial charge in [0.15, 0.2) is 0 Å². The lowest BCUT2D eigenvalue weighted by molar-refractivity contribution is 0.252. The van der Waals surface area contributed by atoms with Gasteiger partial charge in [-0.3, -0.25) is 0 Å². The average Bonchev–Trinajstić information content (AvgIpc) is 3.41. The Morgan fingerprint density at radius 2 is 1.16 bits per heavy atom. The molecule has 0 aliphatic heterocycles. The maximum Gasteiger partial charge on any atom is 0.140 e. The van der Waals surface area contributed by atoms with Crippen molar-refractivity contribution in [2.75, 3.05) is 0 Å². The molecular weight excluding hydrogens is 625 g/mol. The molecule has 2 aromatic heterocycles. The Bertz CT molecular complexity index is 2400. The molecule has 3 aliphatic rings. The lowest BCUT2D eigenvalue weighted by Gasteiger charge is -2.47. The normalized spacial score (nSPS) is 23.7. The van der Waals surface area contributed by atoms with E-state index in [2.05, 4.69) is 170 Å². The lowest BCUT2D eigenvalue weighted by Crippen LogP contribution is -2.36. The van der Waals surface area contributed by atoms with Crippen LogP contribution in [0.2, 0.25) is 0 Å². The molecule has 0 fully saturated rings. The highest BCUT2D eigenvalue weighted by molar-refractivity contribution is 7.25. The first-order valence-electron chi connectivity index (χ1n) is 17.8. The molecule has 0 saturated heterocycles. The third-order valence-corrected chi connectivity index (χ3v) is 12.4. The van der Waals surface area contributed by atoms with E-state index in [1.165, 1.54) is 36.9 Å². The maximum atomic E-state index is 5.23. The smallest absolute Gasteiger partial charge is 0.140 e. The van der Waals surface area contributed by atoms with Gasteiger partial charge in [0, 0.05) is 43.1 Å². The van der Waals surface area contributed by atoms with Crippen molar-refractivity contribution < 1.29 is 0 Å². The summed E-state index contributed by atoms with van der Waals surface area (Å²) in [7, 11) is 0. The fourth-order valence-electron chi connectivity index (χ4n) is 8.96. The number of hydrogen-bond donors (Lipinski definition) is 0. The van der Waals surface area contributed by atoms with Gasteiger partial charge in [0.2, 0.25) is 0 Å². The van der Waals surface area contributed by atoms with Crippen molar-refractivity contribution in [3.63, 3.8) is 0 Å². The van der Waals surface area contributed by atoms with Gasteiger partial charge in [-0.25, -0.2) is 9.97 Å². The van der Waals surface area contributed by atoms with Crippen LogP contribution in [-0.4, -0.2) is 9.97 Å². The Morgan fingerprint density at radius 3 is 1.92 bits per heavy atom. The molecule has 5 unspecified atom stereocenters. The summed E-state index contributed by atoms with van der Waals surface area (Å²) < 4.78 is 2.74. The highest BCUT2D eigenvalue weighted by Crippen LogP contribution is 2.57. The predicted molar refractivity (Wildman–Crippen MR) is 209 cm³/mol. The largest absolute Gasteiger partial charge is 0.232 e. The zero-order chi connectivity index (χ0) is 33.0. The van der Waals surface area contributed by atoms with Crippen LogP contribution < -0.4 is 0 Å². The van der Waals surface area contributed by atoms with E-state index in [4.69, 9.17) is 9.97 Å². The van der Waals surface area contributed by atoms with Crippen molar-refractivity contribution in [2.45, 2.75) is 30.1 Å². The SMILES string of the molecule is C1=C[C@H]2c3ccccc3C3C=CC(c4nc(-c5ccccc5)cc(-c5ccccc5)n4)C=CC3C2C(c2ccc3sc4ccccc4c3c2)C1. The van der Waals surface area contributed by atoms with Gasteiger partial charge in [-0.05, 0) is 65.1 Å². The van der Waals surface area contributed by atoms with E-state index in [0.717, 1.165) is 34.8 Å². The van der Waals surface area contributed by atoms with Crippen LogP contribution in [0.25, 0.3) is 42.7 Å². The molecule has 0 amide bonds. The van der Waals surface area contributed by atoms with Crippen LogP contribution in [-0.2, 0) is 0 Å². The van der Waals surface area contributed by atoms with Gasteiger partial charge < -0.3 is 0 Å². The van der Waals surface area contributed by atoms with Crippen molar-refractivity contribution in [3.05, 3.63) is 192 Å². The standard InChI is InChI=1S/C47H36N2S/c1-3-12-30(13-4-1)42-29-43(31-14-5-2-6-15-31)49-47(48-42)32-22-25-37-35-16-7-8-17-36(35)39-20-11-19-34(46(39)40(37)26-23-32)33-24-27-45-41(28-33)38-18-9-10-21-44(38)50-45/h1-18,20-29,32,34,37,39-40,46H,19H2/t32?,34?,37?,39-,40?,46?/m0/s1. The molecule has 10 rings (SSSR count). The number of hydrogen-bond acceptors (Lipinski definition) is 3. The molecule has 3 heteroatoms. The van der Waals surface area contributed by atoms with Crippen LogP contribution in [0.3, 0.4) is 0 Å².